The molecule has 1 unspecified atom stereocenters. The summed E-state index contributed by atoms with van der Waals surface area (Å²) in [6.07, 6.45) is -1.04. The van der Waals surface area contributed by atoms with Crippen LogP contribution < -0.4 is 15.6 Å². The van der Waals surface area contributed by atoms with Crippen LogP contribution in [0.1, 0.15) is 34.4 Å². The van der Waals surface area contributed by atoms with Gasteiger partial charge in [0, 0.05) is 23.7 Å². The summed E-state index contributed by atoms with van der Waals surface area (Å²) in [7, 11) is -2.42. The number of aryl methyl sites for hydroxylation is 2. The lowest BCUT2D eigenvalue weighted by Crippen LogP contribution is -2.34. The van der Waals surface area contributed by atoms with Crippen LogP contribution in [0.4, 0.5) is 10.8 Å². The molecule has 3 aromatic carbocycles. The lowest BCUT2D eigenvalue weighted by atomic mass is 9.96. The van der Waals surface area contributed by atoms with Gasteiger partial charge in [0.1, 0.15) is 10.7 Å². The van der Waals surface area contributed by atoms with Crippen molar-refractivity contribution in [2.45, 2.75) is 38.2 Å². The van der Waals surface area contributed by atoms with Crippen molar-refractivity contribution in [1.82, 2.24) is 14.8 Å². The number of carbonyl (C=O) groups is 2. The molecular weight excluding hydrogens is 603 g/mol. The van der Waals surface area contributed by atoms with E-state index in [4.69, 9.17) is 4.74 Å². The summed E-state index contributed by atoms with van der Waals surface area (Å²) in [6.45, 7) is 5.35. The molecule has 2 heterocycles. The molecule has 1 atom stereocenters. The summed E-state index contributed by atoms with van der Waals surface area (Å²) in [4.78, 5) is 40.1. The molecule has 0 saturated carbocycles. The van der Waals surface area contributed by atoms with E-state index < -0.39 is 28.0 Å². The van der Waals surface area contributed by atoms with Crippen LogP contribution in [0.25, 0.3) is 21.9 Å². The number of aromatic nitrogens is 3. The molecule has 2 aromatic heterocycles. The molecule has 2 N–H and O–H groups in total. The summed E-state index contributed by atoms with van der Waals surface area (Å²) in [5.41, 5.74) is 2.23. The van der Waals surface area contributed by atoms with Crippen LogP contribution in [-0.4, -0.2) is 41.2 Å². The molecule has 1 amide bonds. The van der Waals surface area contributed by atoms with E-state index in [1.165, 1.54) is 35.9 Å². The molecule has 5 rings (SSSR count). The van der Waals surface area contributed by atoms with Crippen LogP contribution in [0, 0.1) is 13.8 Å². The molecule has 0 bridgehead atoms. The number of nitrogens with one attached hydrogen (secondary N) is 2. The Morgan fingerprint density at radius 1 is 0.955 bits per heavy atom. The maximum Gasteiger partial charge on any atom is 0.356 e. The largest absolute Gasteiger partial charge is 0.448 e. The van der Waals surface area contributed by atoms with Gasteiger partial charge in [-0.15, -0.1) is 10.2 Å². The zero-order valence-corrected chi connectivity index (χ0v) is 26.0. The van der Waals surface area contributed by atoms with E-state index in [1.807, 2.05) is 31.2 Å². The van der Waals surface area contributed by atoms with Crippen LogP contribution >= 0.6 is 11.3 Å². The van der Waals surface area contributed by atoms with Crippen molar-refractivity contribution in [3.63, 3.8) is 0 Å². The van der Waals surface area contributed by atoms with Crippen molar-refractivity contribution in [2.75, 3.05) is 10.0 Å². The number of benzene rings is 3. The van der Waals surface area contributed by atoms with E-state index in [2.05, 4.69) is 20.2 Å². The number of carbonyl (C=O) groups excluding carboxylic acids is 2. The number of pyridine rings is 1. The first-order chi connectivity index (χ1) is 21.0. The molecule has 0 aliphatic carbocycles. The van der Waals surface area contributed by atoms with Crippen molar-refractivity contribution < 1.29 is 22.7 Å². The SMILES string of the molecule is CCC(OC(=O)c1c(-c2ccc(C)cc2)c2ccccc2c(=O)n1C)C(=O)Nc1ccc(S(=O)(=O)Nc2nnc(C)s2)cc1. The van der Waals surface area contributed by atoms with Gasteiger partial charge in [-0.25, -0.2) is 13.2 Å². The monoisotopic (exact) mass is 631 g/mol. The van der Waals surface area contributed by atoms with Crippen LogP contribution in [0.5, 0.6) is 0 Å². The average Bonchev–Trinajstić information content (AvgIpc) is 3.41. The van der Waals surface area contributed by atoms with Crippen molar-refractivity contribution >= 4 is 54.8 Å². The van der Waals surface area contributed by atoms with Crippen molar-refractivity contribution in [3.05, 3.63) is 99.4 Å². The second kappa shape index (κ2) is 12.4. The minimum absolute atomic E-state index is 0.0245. The van der Waals surface area contributed by atoms with E-state index >= 15 is 0 Å². The van der Waals surface area contributed by atoms with Gasteiger partial charge in [-0.2, -0.15) is 0 Å². The molecule has 0 spiro atoms. The topological polar surface area (TPSA) is 149 Å². The van der Waals surface area contributed by atoms with E-state index in [0.717, 1.165) is 22.5 Å². The third-order valence-electron chi connectivity index (χ3n) is 6.93. The summed E-state index contributed by atoms with van der Waals surface area (Å²) < 4.78 is 34.7. The van der Waals surface area contributed by atoms with E-state index in [1.54, 1.807) is 38.1 Å². The van der Waals surface area contributed by atoms with Crippen LogP contribution in [0.15, 0.2) is 82.5 Å². The Bertz CT molecular complexity index is 2040. The number of hydrogen-bond acceptors (Lipinski definition) is 9. The number of fused-ring (bicyclic) bond motifs is 1. The quantitative estimate of drug-likeness (QED) is 0.215. The smallest absolute Gasteiger partial charge is 0.356 e. The summed E-state index contributed by atoms with van der Waals surface area (Å²) >= 11 is 1.10. The highest BCUT2D eigenvalue weighted by atomic mass is 32.2. The Morgan fingerprint density at radius 2 is 1.61 bits per heavy atom. The lowest BCUT2D eigenvalue weighted by Gasteiger charge is -2.20. The molecular formula is C31H29N5O6S2. The summed E-state index contributed by atoms with van der Waals surface area (Å²) in [6, 6.07) is 20.1. The molecule has 0 radical (unpaired) electrons. The van der Waals surface area contributed by atoms with Gasteiger partial charge in [0.15, 0.2) is 6.10 Å². The molecule has 0 aliphatic rings. The number of ether oxygens (including phenoxy) is 1. The molecule has 11 nitrogen and oxygen atoms in total. The van der Waals surface area contributed by atoms with Gasteiger partial charge in [-0.1, -0.05) is 66.3 Å². The van der Waals surface area contributed by atoms with Crippen LogP contribution in [0.3, 0.4) is 0 Å². The Hall–Kier alpha value is -4.88. The van der Waals surface area contributed by atoms with Gasteiger partial charge < -0.3 is 14.6 Å². The lowest BCUT2D eigenvalue weighted by molar-refractivity contribution is -0.124. The molecule has 0 aliphatic heterocycles. The fourth-order valence-corrected chi connectivity index (χ4v) is 6.50. The van der Waals surface area contributed by atoms with Gasteiger partial charge in [-0.05, 0) is 61.5 Å². The minimum Gasteiger partial charge on any atom is -0.448 e. The van der Waals surface area contributed by atoms with E-state index in [9.17, 15) is 22.8 Å². The summed E-state index contributed by atoms with van der Waals surface area (Å²) in [5.74, 6) is -1.44. The number of anilines is 2. The molecule has 0 fully saturated rings. The number of amides is 1. The number of rotatable bonds is 9. The van der Waals surface area contributed by atoms with Crippen molar-refractivity contribution in [2.24, 2.45) is 7.05 Å². The van der Waals surface area contributed by atoms with Gasteiger partial charge in [0.05, 0.1) is 4.90 Å². The van der Waals surface area contributed by atoms with Gasteiger partial charge in [-0.3, -0.25) is 14.3 Å². The molecule has 44 heavy (non-hydrogen) atoms. The standard InChI is InChI=1S/C31H29N5O6S2/c1-5-25(28(37)32-21-14-16-22(17-15-21)44(40,41)35-31-34-33-19(3)43-31)42-30(39)27-26(20-12-10-18(2)11-13-20)23-8-6-7-9-24(23)29(38)36(27)4/h6-17,25H,5H2,1-4H3,(H,32,37)(H,34,35). The predicted octanol–water partition coefficient (Wildman–Crippen LogP) is 5.05. The third-order valence-corrected chi connectivity index (χ3v) is 9.17. The van der Waals surface area contributed by atoms with E-state index in [-0.39, 0.29) is 27.7 Å². The Balaban J connectivity index is 1.39. The first-order valence-electron chi connectivity index (χ1n) is 13.6. The zero-order valence-electron chi connectivity index (χ0n) is 24.3. The van der Waals surface area contributed by atoms with Crippen molar-refractivity contribution in [3.8, 4) is 11.1 Å². The second-order valence-electron chi connectivity index (χ2n) is 10.0. The third kappa shape index (κ3) is 6.24. The van der Waals surface area contributed by atoms with Gasteiger partial charge in [0.2, 0.25) is 5.13 Å². The number of sulfonamides is 1. The normalized spacial score (nSPS) is 12.1. The molecule has 0 saturated heterocycles. The molecule has 13 heteroatoms. The van der Waals surface area contributed by atoms with Crippen LogP contribution in [-0.2, 0) is 26.6 Å². The average molecular weight is 632 g/mol. The zero-order chi connectivity index (χ0) is 31.6. The number of hydrogen-bond donors (Lipinski definition) is 2. The Morgan fingerprint density at radius 3 is 2.23 bits per heavy atom. The Labute approximate surface area is 257 Å². The summed E-state index contributed by atoms with van der Waals surface area (Å²) in [5, 5.41) is 12.0. The maximum atomic E-state index is 13.7. The fourth-order valence-electron chi connectivity index (χ4n) is 4.68. The van der Waals surface area contributed by atoms with Gasteiger partial charge >= 0.3 is 5.97 Å². The van der Waals surface area contributed by atoms with Crippen molar-refractivity contribution in [1.29, 1.82) is 0 Å². The Kier molecular flexibility index (Phi) is 8.61. The minimum atomic E-state index is -3.92. The number of esters is 1. The maximum absolute atomic E-state index is 13.7. The second-order valence-corrected chi connectivity index (χ2v) is 12.9. The fraction of sp³-hybridized carbons (Fsp3) is 0.194. The molecule has 5 aromatic rings. The van der Waals surface area contributed by atoms with Gasteiger partial charge in [0.25, 0.3) is 21.5 Å². The first kappa shape index (κ1) is 30.6. The number of nitrogens with zero attached hydrogens (tertiary/aromatic N) is 3. The first-order valence-corrected chi connectivity index (χ1v) is 15.9. The highest BCUT2D eigenvalue weighted by Crippen LogP contribution is 2.31. The predicted molar refractivity (Wildman–Crippen MR) is 169 cm³/mol. The van der Waals surface area contributed by atoms with E-state index in [0.29, 0.717) is 27.0 Å². The highest BCUT2D eigenvalue weighted by Gasteiger charge is 2.28. The molecule has 226 valence electrons. The van der Waals surface area contributed by atoms with Crippen LogP contribution in [0.2, 0.25) is 0 Å². The highest BCUT2D eigenvalue weighted by molar-refractivity contribution is 7.93.